The van der Waals surface area contributed by atoms with Crippen molar-refractivity contribution in [2.24, 2.45) is 0 Å². The van der Waals surface area contributed by atoms with Crippen LogP contribution in [0.2, 0.25) is 0 Å². The summed E-state index contributed by atoms with van der Waals surface area (Å²) in [5.41, 5.74) is 0. The number of carbonyl (C=O) groups is 4. The number of amides is 2. The lowest BCUT2D eigenvalue weighted by Crippen LogP contribution is -2.27. The first-order chi connectivity index (χ1) is 13.5. The van der Waals surface area contributed by atoms with Gasteiger partial charge in [-0.05, 0) is 12.8 Å². The molecule has 8 nitrogen and oxygen atoms in total. The summed E-state index contributed by atoms with van der Waals surface area (Å²) in [5.74, 6) is -1.59. The summed E-state index contributed by atoms with van der Waals surface area (Å²) in [7, 11) is 2.54. The summed E-state index contributed by atoms with van der Waals surface area (Å²) in [6.07, 6.45) is 10.7. The summed E-state index contributed by atoms with van der Waals surface area (Å²) in [6.45, 7) is 1.21. The van der Waals surface area contributed by atoms with Gasteiger partial charge in [0.2, 0.25) is 11.8 Å². The van der Waals surface area contributed by atoms with Gasteiger partial charge in [0.25, 0.3) is 0 Å². The van der Waals surface area contributed by atoms with Gasteiger partial charge in [-0.2, -0.15) is 0 Å². The number of hydrogen-bond acceptors (Lipinski definition) is 6. The lowest BCUT2D eigenvalue weighted by molar-refractivity contribution is -0.145. The molecular formula is C20H36N2O6. The van der Waals surface area contributed by atoms with Gasteiger partial charge < -0.3 is 20.1 Å². The Labute approximate surface area is 168 Å². The van der Waals surface area contributed by atoms with Gasteiger partial charge in [0.1, 0.15) is 12.8 Å². The zero-order valence-corrected chi connectivity index (χ0v) is 17.3. The van der Waals surface area contributed by atoms with Gasteiger partial charge >= 0.3 is 11.9 Å². The van der Waals surface area contributed by atoms with Gasteiger partial charge in [0, 0.05) is 13.1 Å². The van der Waals surface area contributed by atoms with E-state index in [1.165, 1.54) is 39.9 Å². The predicted molar refractivity (Wildman–Crippen MR) is 105 cm³/mol. The van der Waals surface area contributed by atoms with E-state index < -0.39 is 11.9 Å². The first kappa shape index (κ1) is 25.9. The van der Waals surface area contributed by atoms with Crippen LogP contribution in [0.15, 0.2) is 0 Å². The minimum atomic E-state index is -0.513. The molecule has 0 rings (SSSR count). The van der Waals surface area contributed by atoms with Crippen molar-refractivity contribution in [1.82, 2.24) is 10.6 Å². The van der Waals surface area contributed by atoms with E-state index in [-0.39, 0.29) is 24.7 Å². The Kier molecular flexibility index (Phi) is 16.9. The Balaban J connectivity index is 3.26. The number of nitrogens with one attached hydrogen (secondary N) is 2. The van der Waals surface area contributed by atoms with Crippen LogP contribution in [-0.2, 0) is 28.7 Å². The van der Waals surface area contributed by atoms with Crippen LogP contribution in [0.1, 0.15) is 77.0 Å². The maximum atomic E-state index is 11.4. The Hall–Kier alpha value is -2.12. The maximum absolute atomic E-state index is 11.4. The molecule has 0 spiro atoms. The summed E-state index contributed by atoms with van der Waals surface area (Å²) in [4.78, 5) is 44.5. The Morgan fingerprint density at radius 1 is 0.536 bits per heavy atom. The van der Waals surface area contributed by atoms with E-state index in [9.17, 15) is 19.2 Å². The first-order valence-electron chi connectivity index (χ1n) is 10.2. The van der Waals surface area contributed by atoms with Crippen LogP contribution in [0.3, 0.4) is 0 Å². The Morgan fingerprint density at radius 3 is 1.11 bits per heavy atom. The van der Waals surface area contributed by atoms with Crippen molar-refractivity contribution in [2.45, 2.75) is 77.0 Å². The third kappa shape index (κ3) is 17.3. The third-order valence-electron chi connectivity index (χ3n) is 4.31. The molecule has 0 unspecified atom stereocenters. The lowest BCUT2D eigenvalue weighted by atomic mass is 10.1. The van der Waals surface area contributed by atoms with E-state index in [0.29, 0.717) is 13.1 Å². The van der Waals surface area contributed by atoms with Crippen LogP contribution >= 0.6 is 0 Å². The van der Waals surface area contributed by atoms with Crippen LogP contribution < -0.4 is 10.6 Å². The van der Waals surface area contributed by atoms with Crippen LogP contribution in [0, 0.1) is 0 Å². The van der Waals surface area contributed by atoms with E-state index >= 15 is 0 Å². The number of ether oxygens (including phenoxy) is 2. The highest BCUT2D eigenvalue weighted by Gasteiger charge is 2.08. The van der Waals surface area contributed by atoms with Crippen molar-refractivity contribution < 1.29 is 28.7 Å². The van der Waals surface area contributed by atoms with Crippen molar-refractivity contribution in [1.29, 1.82) is 0 Å². The van der Waals surface area contributed by atoms with Crippen molar-refractivity contribution in [3.05, 3.63) is 0 Å². The predicted octanol–water partition coefficient (Wildman–Crippen LogP) is 2.25. The van der Waals surface area contributed by atoms with Crippen LogP contribution in [0.25, 0.3) is 0 Å². The molecule has 8 heteroatoms. The second-order valence-electron chi connectivity index (χ2n) is 6.74. The quantitative estimate of drug-likeness (QED) is 0.220. The molecule has 0 aliphatic heterocycles. The van der Waals surface area contributed by atoms with E-state index in [0.717, 1.165) is 38.5 Å². The van der Waals surface area contributed by atoms with E-state index in [1.54, 1.807) is 0 Å². The molecule has 162 valence electrons. The monoisotopic (exact) mass is 400 g/mol. The molecule has 0 fully saturated rings. The van der Waals surface area contributed by atoms with Crippen molar-refractivity contribution in [3.8, 4) is 0 Å². The van der Waals surface area contributed by atoms with E-state index in [1.807, 2.05) is 0 Å². The second-order valence-corrected chi connectivity index (χ2v) is 6.74. The summed E-state index contributed by atoms with van der Waals surface area (Å²) >= 11 is 0. The minimum Gasteiger partial charge on any atom is -0.469 e. The number of esters is 2. The van der Waals surface area contributed by atoms with E-state index in [4.69, 9.17) is 0 Å². The summed E-state index contributed by atoms with van der Waals surface area (Å²) in [6, 6.07) is 0. The third-order valence-corrected chi connectivity index (χ3v) is 4.31. The van der Waals surface area contributed by atoms with E-state index in [2.05, 4.69) is 20.1 Å². The largest absolute Gasteiger partial charge is 0.469 e. The average molecular weight is 401 g/mol. The fraction of sp³-hybridized carbons (Fsp3) is 0.800. The van der Waals surface area contributed by atoms with Crippen molar-refractivity contribution in [3.63, 3.8) is 0 Å². The van der Waals surface area contributed by atoms with Gasteiger partial charge in [-0.15, -0.1) is 0 Å². The molecule has 0 aliphatic rings. The lowest BCUT2D eigenvalue weighted by Gasteiger charge is -2.05. The Morgan fingerprint density at radius 2 is 0.821 bits per heavy atom. The zero-order chi connectivity index (χ0) is 21.0. The molecule has 0 saturated carbocycles. The number of methoxy groups -OCH3 is 2. The molecule has 2 amide bonds. The zero-order valence-electron chi connectivity index (χ0n) is 17.3. The number of unbranched alkanes of at least 4 members (excludes halogenated alkanes) is 9. The first-order valence-corrected chi connectivity index (χ1v) is 10.2. The van der Waals surface area contributed by atoms with Crippen LogP contribution in [0.5, 0.6) is 0 Å². The molecule has 0 radical (unpaired) electrons. The second kappa shape index (κ2) is 18.3. The molecule has 0 bridgehead atoms. The smallest absolute Gasteiger partial charge is 0.315 e. The summed E-state index contributed by atoms with van der Waals surface area (Å²) in [5, 5.41) is 5.43. The molecular weight excluding hydrogens is 364 g/mol. The fourth-order valence-corrected chi connectivity index (χ4v) is 2.65. The number of rotatable bonds is 17. The molecule has 0 heterocycles. The number of carbonyl (C=O) groups excluding carboxylic acids is 4. The highest BCUT2D eigenvalue weighted by Crippen LogP contribution is 2.10. The molecule has 2 N–H and O–H groups in total. The standard InChI is InChI=1S/C20H36N2O6/c1-27-19(25)15-17(23)21-13-11-9-7-5-3-4-6-8-10-12-14-22-18(24)16-20(26)28-2/h3-16H2,1-2H3,(H,21,23)(H,22,24). The van der Waals surface area contributed by atoms with Crippen LogP contribution in [0.4, 0.5) is 0 Å². The van der Waals surface area contributed by atoms with Gasteiger partial charge in [-0.25, -0.2) is 0 Å². The van der Waals surface area contributed by atoms with Crippen LogP contribution in [-0.4, -0.2) is 51.1 Å². The molecule has 28 heavy (non-hydrogen) atoms. The van der Waals surface area contributed by atoms with Gasteiger partial charge in [0.15, 0.2) is 0 Å². The normalized spacial score (nSPS) is 10.2. The SMILES string of the molecule is COC(=O)CC(=O)NCCCCCCCCCCCCNC(=O)CC(=O)OC. The number of hydrogen-bond donors (Lipinski definition) is 2. The van der Waals surface area contributed by atoms with Gasteiger partial charge in [0.05, 0.1) is 14.2 Å². The van der Waals surface area contributed by atoms with Gasteiger partial charge in [-0.1, -0.05) is 51.4 Å². The fourth-order valence-electron chi connectivity index (χ4n) is 2.65. The topological polar surface area (TPSA) is 111 Å². The van der Waals surface area contributed by atoms with Crippen molar-refractivity contribution >= 4 is 23.8 Å². The van der Waals surface area contributed by atoms with Gasteiger partial charge in [-0.3, -0.25) is 19.2 Å². The molecule has 0 saturated heterocycles. The molecule has 0 aliphatic carbocycles. The van der Waals surface area contributed by atoms with Crippen molar-refractivity contribution in [2.75, 3.05) is 27.3 Å². The molecule has 0 atom stereocenters. The average Bonchev–Trinajstić information content (AvgIpc) is 2.67. The highest BCUT2D eigenvalue weighted by molar-refractivity contribution is 5.94. The Bertz CT molecular complexity index is 426. The molecule has 0 aromatic carbocycles. The minimum absolute atomic E-state index is 0.212. The maximum Gasteiger partial charge on any atom is 0.315 e. The summed E-state index contributed by atoms with van der Waals surface area (Å²) < 4.78 is 8.87. The molecule has 0 aromatic heterocycles. The molecule has 0 aromatic rings. The highest BCUT2D eigenvalue weighted by atomic mass is 16.5.